The van der Waals surface area contributed by atoms with Crippen molar-refractivity contribution in [2.45, 2.75) is 26.0 Å². The number of hydrogen-bond acceptors (Lipinski definition) is 4. The molecule has 28 heavy (non-hydrogen) atoms. The van der Waals surface area contributed by atoms with E-state index in [1.54, 1.807) is 13.1 Å². The number of halogens is 3. The van der Waals surface area contributed by atoms with Gasteiger partial charge in [-0.05, 0) is 57.7 Å². The first-order chi connectivity index (χ1) is 13.5. The molecule has 0 spiro atoms. The molecule has 1 aliphatic rings. The van der Waals surface area contributed by atoms with Crippen LogP contribution in [-0.2, 0) is 6.54 Å². The Morgan fingerprint density at radius 1 is 1.25 bits per heavy atom. The molecule has 6 nitrogen and oxygen atoms in total. The molecule has 1 heterocycles. The molecule has 1 fully saturated rings. The molecule has 0 unspecified atom stereocenters. The number of alkyl halides is 2. The van der Waals surface area contributed by atoms with Gasteiger partial charge in [-0.15, -0.1) is 0 Å². The molecule has 2 rings (SSSR count). The minimum Gasteiger partial charge on any atom is -0.434 e. The van der Waals surface area contributed by atoms with E-state index in [9.17, 15) is 8.78 Å². The van der Waals surface area contributed by atoms with Crippen molar-refractivity contribution >= 4 is 17.6 Å². The first-order valence-corrected chi connectivity index (χ1v) is 9.94. The zero-order valence-electron chi connectivity index (χ0n) is 16.6. The number of hydrogen-bond donors (Lipinski definition) is 2. The number of rotatable bonds is 8. The van der Waals surface area contributed by atoms with E-state index < -0.39 is 6.61 Å². The van der Waals surface area contributed by atoms with E-state index in [0.29, 0.717) is 16.5 Å². The Balaban J connectivity index is 1.75. The second kappa shape index (κ2) is 12.0. The fraction of sp³-hybridized carbons (Fsp3) is 0.632. The summed E-state index contributed by atoms with van der Waals surface area (Å²) in [7, 11) is 3.84. The van der Waals surface area contributed by atoms with Crippen molar-refractivity contribution in [1.82, 2.24) is 20.4 Å². The van der Waals surface area contributed by atoms with Gasteiger partial charge in [-0.3, -0.25) is 4.99 Å². The van der Waals surface area contributed by atoms with Crippen LogP contribution in [0.3, 0.4) is 0 Å². The molecule has 1 aromatic carbocycles. The van der Waals surface area contributed by atoms with Gasteiger partial charge >= 0.3 is 6.61 Å². The number of benzene rings is 1. The highest BCUT2D eigenvalue weighted by molar-refractivity contribution is 6.30. The maximum absolute atomic E-state index is 12.6. The van der Waals surface area contributed by atoms with E-state index in [4.69, 9.17) is 11.6 Å². The summed E-state index contributed by atoms with van der Waals surface area (Å²) in [6.45, 7) is 3.73. The zero-order valence-corrected chi connectivity index (χ0v) is 17.3. The fourth-order valence-corrected chi connectivity index (χ4v) is 3.32. The molecule has 0 amide bonds. The van der Waals surface area contributed by atoms with Crippen LogP contribution < -0.4 is 15.4 Å². The third-order valence-corrected chi connectivity index (χ3v) is 4.90. The number of guanidine groups is 1. The van der Waals surface area contributed by atoms with Crippen molar-refractivity contribution in [2.24, 2.45) is 4.99 Å². The molecule has 158 valence electrons. The predicted octanol–water partition coefficient (Wildman–Crippen LogP) is 2.63. The molecule has 0 bridgehead atoms. The van der Waals surface area contributed by atoms with Crippen LogP contribution >= 0.6 is 11.6 Å². The summed E-state index contributed by atoms with van der Waals surface area (Å²) < 4.78 is 29.7. The lowest BCUT2D eigenvalue weighted by atomic mass is 10.2. The van der Waals surface area contributed by atoms with Crippen molar-refractivity contribution in [2.75, 3.05) is 53.4 Å². The number of likely N-dealkylation sites (N-methyl/N-ethyl adjacent to an activating group) is 1. The lowest BCUT2D eigenvalue weighted by Crippen LogP contribution is -2.38. The molecule has 0 aliphatic carbocycles. The predicted molar refractivity (Wildman–Crippen MR) is 109 cm³/mol. The molecule has 0 atom stereocenters. The maximum atomic E-state index is 12.6. The molecule has 0 radical (unpaired) electrons. The van der Waals surface area contributed by atoms with E-state index in [0.717, 1.165) is 45.7 Å². The van der Waals surface area contributed by atoms with Gasteiger partial charge in [0.15, 0.2) is 5.96 Å². The van der Waals surface area contributed by atoms with Crippen LogP contribution in [0.15, 0.2) is 23.2 Å². The zero-order chi connectivity index (χ0) is 20.4. The summed E-state index contributed by atoms with van der Waals surface area (Å²) in [6.07, 6.45) is 2.21. The summed E-state index contributed by atoms with van der Waals surface area (Å²) in [4.78, 5) is 9.03. The molecule has 0 aromatic heterocycles. The Morgan fingerprint density at radius 2 is 2.07 bits per heavy atom. The minimum atomic E-state index is -2.88. The van der Waals surface area contributed by atoms with Crippen molar-refractivity contribution in [3.63, 3.8) is 0 Å². The van der Waals surface area contributed by atoms with Crippen LogP contribution in [0.4, 0.5) is 8.78 Å². The highest BCUT2D eigenvalue weighted by atomic mass is 35.5. The average molecular weight is 418 g/mol. The smallest absolute Gasteiger partial charge is 0.387 e. The molecule has 1 aliphatic heterocycles. The maximum Gasteiger partial charge on any atom is 0.387 e. The van der Waals surface area contributed by atoms with Gasteiger partial charge in [-0.25, -0.2) is 0 Å². The highest BCUT2D eigenvalue weighted by Gasteiger charge is 2.12. The van der Waals surface area contributed by atoms with E-state index >= 15 is 0 Å². The Kier molecular flexibility index (Phi) is 9.73. The number of nitrogens with one attached hydrogen (secondary N) is 2. The number of ether oxygens (including phenoxy) is 1. The van der Waals surface area contributed by atoms with Gasteiger partial charge in [0, 0.05) is 43.8 Å². The molecule has 1 saturated heterocycles. The Labute approximate surface area is 170 Å². The second-order valence-corrected chi connectivity index (χ2v) is 7.27. The summed E-state index contributed by atoms with van der Waals surface area (Å²) in [6, 6.07) is 4.58. The fourth-order valence-electron chi connectivity index (χ4n) is 3.13. The Morgan fingerprint density at radius 3 is 2.82 bits per heavy atom. The van der Waals surface area contributed by atoms with Crippen molar-refractivity contribution in [3.05, 3.63) is 28.8 Å². The van der Waals surface area contributed by atoms with Crippen molar-refractivity contribution in [1.29, 1.82) is 0 Å². The van der Waals surface area contributed by atoms with Crippen LogP contribution in [0.1, 0.15) is 18.4 Å². The standard InChI is InChI=1S/C19H30ClF2N5O/c1-23-19(24-7-3-9-27-10-4-8-26(2)11-12-27)25-14-15-13-16(20)5-6-17(15)28-18(21)22/h5-6,13,18H,3-4,7-12,14H2,1-2H3,(H2,23,24,25). The Hall–Kier alpha value is -1.64. The van der Waals surface area contributed by atoms with Gasteiger partial charge in [0.1, 0.15) is 5.75 Å². The molecular formula is C19H30ClF2N5O. The van der Waals surface area contributed by atoms with Gasteiger partial charge in [0.05, 0.1) is 0 Å². The average Bonchev–Trinajstić information content (AvgIpc) is 2.87. The van der Waals surface area contributed by atoms with E-state index in [1.807, 2.05) is 0 Å². The summed E-state index contributed by atoms with van der Waals surface area (Å²) >= 11 is 5.98. The van der Waals surface area contributed by atoms with Gasteiger partial charge in [-0.2, -0.15) is 8.78 Å². The topological polar surface area (TPSA) is 52.1 Å². The van der Waals surface area contributed by atoms with E-state index in [1.165, 1.54) is 18.6 Å². The van der Waals surface area contributed by atoms with Crippen LogP contribution in [0.2, 0.25) is 5.02 Å². The lowest BCUT2D eigenvalue weighted by Gasteiger charge is -2.20. The van der Waals surface area contributed by atoms with Crippen LogP contribution in [0, 0.1) is 0 Å². The molecule has 1 aromatic rings. The highest BCUT2D eigenvalue weighted by Crippen LogP contribution is 2.24. The van der Waals surface area contributed by atoms with Crippen molar-refractivity contribution in [3.8, 4) is 5.75 Å². The first-order valence-electron chi connectivity index (χ1n) is 9.56. The molecule has 2 N–H and O–H groups in total. The largest absolute Gasteiger partial charge is 0.434 e. The SMILES string of the molecule is CN=C(NCCCN1CCCN(C)CC1)NCc1cc(Cl)ccc1OC(F)F. The number of nitrogens with zero attached hydrogens (tertiary/aromatic N) is 3. The van der Waals surface area contributed by atoms with Crippen molar-refractivity contribution < 1.29 is 13.5 Å². The normalized spacial score (nSPS) is 16.9. The quantitative estimate of drug-likeness (QED) is 0.387. The van der Waals surface area contributed by atoms with E-state index in [-0.39, 0.29) is 12.3 Å². The summed E-state index contributed by atoms with van der Waals surface area (Å²) in [5.41, 5.74) is 0.546. The van der Waals surface area contributed by atoms with Gasteiger partial charge in [-0.1, -0.05) is 11.6 Å². The monoisotopic (exact) mass is 417 g/mol. The second-order valence-electron chi connectivity index (χ2n) is 6.84. The van der Waals surface area contributed by atoms with Crippen LogP contribution in [0.5, 0.6) is 5.75 Å². The third kappa shape index (κ3) is 8.16. The molecule has 9 heteroatoms. The minimum absolute atomic E-state index is 0.105. The lowest BCUT2D eigenvalue weighted by molar-refractivity contribution is -0.0504. The Bertz CT molecular complexity index is 632. The van der Waals surface area contributed by atoms with Crippen LogP contribution in [0.25, 0.3) is 0 Å². The van der Waals surface area contributed by atoms with E-state index in [2.05, 4.69) is 37.2 Å². The summed E-state index contributed by atoms with van der Waals surface area (Å²) in [5, 5.41) is 6.84. The molecule has 0 saturated carbocycles. The molecular weight excluding hydrogens is 388 g/mol. The van der Waals surface area contributed by atoms with Crippen LogP contribution in [-0.4, -0.2) is 75.7 Å². The summed E-state index contributed by atoms with van der Waals surface area (Å²) in [5.74, 6) is 0.715. The number of aliphatic imine (C=N–C) groups is 1. The van der Waals surface area contributed by atoms with Gasteiger partial charge in [0.2, 0.25) is 0 Å². The van der Waals surface area contributed by atoms with Gasteiger partial charge < -0.3 is 25.2 Å². The van der Waals surface area contributed by atoms with Gasteiger partial charge in [0.25, 0.3) is 0 Å². The third-order valence-electron chi connectivity index (χ3n) is 4.66. The first kappa shape index (κ1) is 22.6.